The molecule has 1 heterocycles. The summed E-state index contributed by atoms with van der Waals surface area (Å²) in [5.41, 5.74) is 5.52. The van der Waals surface area contributed by atoms with Crippen molar-refractivity contribution in [3.63, 3.8) is 0 Å². The van der Waals surface area contributed by atoms with E-state index < -0.39 is 6.03 Å². The van der Waals surface area contributed by atoms with Crippen LogP contribution < -0.4 is 16.4 Å². The summed E-state index contributed by atoms with van der Waals surface area (Å²) in [5, 5.41) is 4.71. The highest BCUT2D eigenvalue weighted by atomic mass is 16.2. The smallest absolute Gasteiger partial charge is 0.321 e. The standard InChI is InChI=1S/C12H24N4O2/c1-9(11(17)15-12(18)14-2)16-8-4-6-10(16)5-3-7-13/h9-10H,3-8,13H2,1-2H3,(H2,14,15,17,18). The number of hydrogen-bond acceptors (Lipinski definition) is 4. The summed E-state index contributed by atoms with van der Waals surface area (Å²) in [6, 6.07) is -0.309. The molecule has 2 unspecified atom stereocenters. The molecule has 1 saturated heterocycles. The highest BCUT2D eigenvalue weighted by molar-refractivity contribution is 5.96. The van der Waals surface area contributed by atoms with Gasteiger partial charge in [0.25, 0.3) is 0 Å². The van der Waals surface area contributed by atoms with Crippen molar-refractivity contribution >= 4 is 11.9 Å². The summed E-state index contributed by atoms with van der Waals surface area (Å²) in [5.74, 6) is -0.242. The summed E-state index contributed by atoms with van der Waals surface area (Å²) in [6.07, 6.45) is 4.21. The molecule has 0 saturated carbocycles. The second-order valence-corrected chi connectivity index (χ2v) is 4.71. The van der Waals surface area contributed by atoms with Crippen LogP contribution in [0, 0.1) is 0 Å². The van der Waals surface area contributed by atoms with Gasteiger partial charge in [-0.05, 0) is 45.7 Å². The first kappa shape index (κ1) is 14.9. The Balaban J connectivity index is 2.50. The minimum absolute atomic E-state index is 0.242. The highest BCUT2D eigenvalue weighted by Gasteiger charge is 2.31. The monoisotopic (exact) mass is 256 g/mol. The van der Waals surface area contributed by atoms with Crippen LogP contribution in [0.25, 0.3) is 0 Å². The lowest BCUT2D eigenvalue weighted by molar-refractivity contribution is -0.125. The molecule has 4 N–H and O–H groups in total. The summed E-state index contributed by atoms with van der Waals surface area (Å²) in [4.78, 5) is 25.2. The number of amides is 3. The first-order chi connectivity index (χ1) is 8.60. The van der Waals surface area contributed by atoms with Crippen LogP contribution in [0.3, 0.4) is 0 Å². The third-order valence-electron chi connectivity index (χ3n) is 3.50. The fourth-order valence-corrected chi connectivity index (χ4v) is 2.46. The van der Waals surface area contributed by atoms with Crippen LogP contribution >= 0.6 is 0 Å². The number of hydrogen-bond donors (Lipinski definition) is 3. The second-order valence-electron chi connectivity index (χ2n) is 4.71. The van der Waals surface area contributed by atoms with Crippen LogP contribution in [0.1, 0.15) is 32.6 Å². The van der Waals surface area contributed by atoms with Crippen molar-refractivity contribution in [3.8, 4) is 0 Å². The Labute approximate surface area is 108 Å². The molecule has 1 rings (SSSR count). The SMILES string of the molecule is CNC(=O)NC(=O)C(C)N1CCCC1CCCN. The van der Waals surface area contributed by atoms with E-state index in [1.54, 1.807) is 0 Å². The van der Waals surface area contributed by atoms with E-state index in [0.29, 0.717) is 12.6 Å². The Morgan fingerprint density at radius 1 is 1.50 bits per heavy atom. The maximum Gasteiger partial charge on any atom is 0.321 e. The van der Waals surface area contributed by atoms with Gasteiger partial charge in [-0.2, -0.15) is 0 Å². The summed E-state index contributed by atoms with van der Waals surface area (Å²) in [6.45, 7) is 3.44. The molecule has 6 heteroatoms. The lowest BCUT2D eigenvalue weighted by Gasteiger charge is -2.29. The van der Waals surface area contributed by atoms with E-state index in [9.17, 15) is 9.59 Å². The lowest BCUT2D eigenvalue weighted by atomic mass is 10.1. The molecular formula is C12H24N4O2. The number of carbonyl (C=O) groups excluding carboxylic acids is 2. The number of nitrogens with two attached hydrogens (primary N) is 1. The molecule has 0 bridgehead atoms. The zero-order valence-corrected chi connectivity index (χ0v) is 11.2. The molecular weight excluding hydrogens is 232 g/mol. The number of nitrogens with one attached hydrogen (secondary N) is 2. The second kappa shape index (κ2) is 7.33. The van der Waals surface area contributed by atoms with Crippen LogP contribution in [0.4, 0.5) is 4.79 Å². The summed E-state index contributed by atoms with van der Waals surface area (Å²) >= 11 is 0. The van der Waals surface area contributed by atoms with Crippen LogP contribution in [-0.2, 0) is 4.79 Å². The molecule has 0 radical (unpaired) electrons. The molecule has 0 aromatic rings. The minimum atomic E-state index is -0.454. The van der Waals surface area contributed by atoms with E-state index in [4.69, 9.17) is 5.73 Å². The van der Waals surface area contributed by atoms with Gasteiger partial charge in [-0.25, -0.2) is 4.79 Å². The van der Waals surface area contributed by atoms with Gasteiger partial charge in [0.05, 0.1) is 6.04 Å². The molecule has 18 heavy (non-hydrogen) atoms. The largest absolute Gasteiger partial charge is 0.341 e. The Morgan fingerprint density at radius 3 is 2.83 bits per heavy atom. The number of carbonyl (C=O) groups is 2. The predicted molar refractivity (Wildman–Crippen MR) is 70.1 cm³/mol. The van der Waals surface area contributed by atoms with E-state index in [0.717, 1.165) is 32.2 Å². The molecule has 1 aliphatic rings. The zero-order valence-electron chi connectivity index (χ0n) is 11.2. The van der Waals surface area contributed by atoms with E-state index in [-0.39, 0.29) is 11.9 Å². The first-order valence-electron chi connectivity index (χ1n) is 6.58. The molecule has 2 atom stereocenters. The maximum absolute atomic E-state index is 11.9. The lowest BCUT2D eigenvalue weighted by Crippen LogP contribution is -2.50. The van der Waals surface area contributed by atoms with Crippen LogP contribution in [0.2, 0.25) is 0 Å². The van der Waals surface area contributed by atoms with Gasteiger partial charge in [0, 0.05) is 13.1 Å². The van der Waals surface area contributed by atoms with Gasteiger partial charge in [-0.1, -0.05) is 0 Å². The van der Waals surface area contributed by atoms with Gasteiger partial charge in [0.2, 0.25) is 5.91 Å². The van der Waals surface area contributed by atoms with E-state index >= 15 is 0 Å². The molecule has 1 aliphatic heterocycles. The Hall–Kier alpha value is -1.14. The molecule has 0 aromatic heterocycles. The Kier molecular flexibility index (Phi) is 6.07. The van der Waals surface area contributed by atoms with E-state index in [1.165, 1.54) is 7.05 Å². The molecule has 6 nitrogen and oxygen atoms in total. The number of imide groups is 1. The average molecular weight is 256 g/mol. The summed E-state index contributed by atoms with van der Waals surface area (Å²) in [7, 11) is 1.49. The highest BCUT2D eigenvalue weighted by Crippen LogP contribution is 2.23. The minimum Gasteiger partial charge on any atom is -0.341 e. The normalized spacial score (nSPS) is 21.6. The summed E-state index contributed by atoms with van der Waals surface area (Å²) < 4.78 is 0. The molecule has 0 spiro atoms. The van der Waals surface area contributed by atoms with Crippen LogP contribution in [-0.4, -0.2) is 49.1 Å². The Bertz CT molecular complexity index is 296. The van der Waals surface area contributed by atoms with Crippen molar-refractivity contribution in [2.45, 2.75) is 44.7 Å². The predicted octanol–water partition coefficient (Wildman–Crippen LogP) is 0.0338. The maximum atomic E-state index is 11.9. The molecule has 104 valence electrons. The van der Waals surface area contributed by atoms with Crippen molar-refractivity contribution in [3.05, 3.63) is 0 Å². The van der Waals surface area contributed by atoms with Gasteiger partial charge in [-0.3, -0.25) is 15.0 Å². The number of nitrogens with zero attached hydrogens (tertiary/aromatic N) is 1. The molecule has 0 aromatic carbocycles. The van der Waals surface area contributed by atoms with Gasteiger partial charge in [-0.15, -0.1) is 0 Å². The van der Waals surface area contributed by atoms with Gasteiger partial charge < -0.3 is 11.1 Å². The zero-order chi connectivity index (χ0) is 13.5. The topological polar surface area (TPSA) is 87.5 Å². The number of urea groups is 1. The third kappa shape index (κ3) is 3.96. The van der Waals surface area contributed by atoms with E-state index in [1.807, 2.05) is 6.92 Å². The fraction of sp³-hybridized carbons (Fsp3) is 0.833. The van der Waals surface area contributed by atoms with E-state index in [2.05, 4.69) is 15.5 Å². The molecule has 3 amide bonds. The van der Waals surface area contributed by atoms with Crippen molar-refractivity contribution in [1.82, 2.24) is 15.5 Å². The number of likely N-dealkylation sites (tertiary alicyclic amines) is 1. The van der Waals surface area contributed by atoms with Crippen LogP contribution in [0.5, 0.6) is 0 Å². The third-order valence-corrected chi connectivity index (χ3v) is 3.50. The Morgan fingerprint density at radius 2 is 2.22 bits per heavy atom. The van der Waals surface area contributed by atoms with Gasteiger partial charge >= 0.3 is 6.03 Å². The fourth-order valence-electron chi connectivity index (χ4n) is 2.46. The molecule has 0 aliphatic carbocycles. The number of rotatable bonds is 5. The first-order valence-corrected chi connectivity index (χ1v) is 6.58. The van der Waals surface area contributed by atoms with Crippen molar-refractivity contribution in [2.75, 3.05) is 20.1 Å². The van der Waals surface area contributed by atoms with Gasteiger partial charge in [0.15, 0.2) is 0 Å². The quantitative estimate of drug-likeness (QED) is 0.648. The van der Waals surface area contributed by atoms with Crippen molar-refractivity contribution < 1.29 is 9.59 Å². The van der Waals surface area contributed by atoms with Crippen LogP contribution in [0.15, 0.2) is 0 Å². The van der Waals surface area contributed by atoms with Crippen molar-refractivity contribution in [1.29, 1.82) is 0 Å². The van der Waals surface area contributed by atoms with Gasteiger partial charge in [0.1, 0.15) is 0 Å². The molecule has 1 fully saturated rings. The van der Waals surface area contributed by atoms with Crippen molar-refractivity contribution in [2.24, 2.45) is 5.73 Å². The average Bonchev–Trinajstić information content (AvgIpc) is 2.83.